The van der Waals surface area contributed by atoms with Crippen molar-refractivity contribution in [3.05, 3.63) is 54.0 Å². The fourth-order valence-electron chi connectivity index (χ4n) is 4.35. The van der Waals surface area contributed by atoms with Gasteiger partial charge in [0.25, 0.3) is 5.91 Å². The number of hydrogen-bond donors (Lipinski definition) is 1. The first-order chi connectivity index (χ1) is 18.5. The predicted octanol–water partition coefficient (Wildman–Crippen LogP) is 3.01. The molecule has 2 aromatic carbocycles. The largest absolute Gasteiger partial charge is 0.493 e. The number of ether oxygens (including phenoxy) is 4. The number of rotatable bonds is 10. The van der Waals surface area contributed by atoms with Crippen LogP contribution in [0, 0.1) is 5.82 Å². The average molecular weight is 526 g/mol. The number of carbonyl (C=O) groups is 1. The minimum absolute atomic E-state index is 0.258. The standard InChI is InChI=1S/C27H32FN5O5/c1-35-14-9-29-27(34)19-17-30-25(18-15-22(36-2)24(38-4)23(16-18)37-3)31-26(19)33-12-10-32(11-13-33)21-8-6-5-7-20(21)28/h5-8,15-17H,9-14H2,1-4H3,(H,29,34). The van der Waals surface area contributed by atoms with E-state index in [1.807, 2.05) is 15.9 Å². The van der Waals surface area contributed by atoms with Gasteiger partial charge in [-0.05, 0) is 24.3 Å². The van der Waals surface area contributed by atoms with Gasteiger partial charge in [0.15, 0.2) is 17.3 Å². The maximum absolute atomic E-state index is 14.4. The molecule has 202 valence electrons. The third kappa shape index (κ3) is 5.72. The lowest BCUT2D eigenvalue weighted by molar-refractivity contribution is 0.0937. The van der Waals surface area contributed by atoms with Crippen LogP contribution in [0.15, 0.2) is 42.6 Å². The molecule has 2 heterocycles. The minimum Gasteiger partial charge on any atom is -0.493 e. The SMILES string of the molecule is COCCNC(=O)c1cnc(-c2cc(OC)c(OC)c(OC)c2)nc1N1CCN(c2ccccc2F)CC1. The van der Waals surface area contributed by atoms with Crippen molar-refractivity contribution in [2.24, 2.45) is 0 Å². The van der Waals surface area contributed by atoms with Crippen LogP contribution in [-0.4, -0.2) is 83.6 Å². The van der Waals surface area contributed by atoms with Crippen LogP contribution in [0.3, 0.4) is 0 Å². The zero-order valence-corrected chi connectivity index (χ0v) is 22.0. The summed E-state index contributed by atoms with van der Waals surface area (Å²) in [5, 5.41) is 2.85. The lowest BCUT2D eigenvalue weighted by atomic mass is 10.1. The van der Waals surface area contributed by atoms with Gasteiger partial charge in [-0.25, -0.2) is 14.4 Å². The molecule has 3 aromatic rings. The molecular formula is C27H32FN5O5. The van der Waals surface area contributed by atoms with Crippen molar-refractivity contribution in [3.63, 3.8) is 0 Å². The molecule has 0 unspecified atom stereocenters. The Morgan fingerprint density at radius 1 is 0.974 bits per heavy atom. The van der Waals surface area contributed by atoms with Crippen molar-refractivity contribution < 1.29 is 28.1 Å². The number of amides is 1. The highest BCUT2D eigenvalue weighted by atomic mass is 19.1. The topological polar surface area (TPSA) is 98.3 Å². The number of hydrogen-bond acceptors (Lipinski definition) is 9. The molecule has 1 aliphatic rings. The van der Waals surface area contributed by atoms with E-state index in [-0.39, 0.29) is 11.7 Å². The maximum Gasteiger partial charge on any atom is 0.256 e. The fourth-order valence-corrected chi connectivity index (χ4v) is 4.35. The third-order valence-corrected chi connectivity index (χ3v) is 6.30. The van der Waals surface area contributed by atoms with E-state index in [0.29, 0.717) is 85.0 Å². The Bertz CT molecular complexity index is 1240. The Balaban J connectivity index is 1.68. The Labute approximate surface area is 221 Å². The molecule has 0 radical (unpaired) electrons. The molecule has 1 saturated heterocycles. The Hall–Kier alpha value is -4.12. The number of nitrogens with zero attached hydrogens (tertiary/aromatic N) is 4. The maximum atomic E-state index is 14.4. The Kier molecular flexibility index (Phi) is 8.80. The van der Waals surface area contributed by atoms with Gasteiger partial charge < -0.3 is 34.1 Å². The number of para-hydroxylation sites is 1. The smallest absolute Gasteiger partial charge is 0.256 e. The number of aromatic nitrogens is 2. The summed E-state index contributed by atoms with van der Waals surface area (Å²) >= 11 is 0. The highest BCUT2D eigenvalue weighted by Crippen LogP contribution is 2.41. The number of halogens is 1. The van der Waals surface area contributed by atoms with Crippen LogP contribution >= 0.6 is 0 Å². The molecule has 0 spiro atoms. The van der Waals surface area contributed by atoms with Crippen molar-refractivity contribution in [1.82, 2.24) is 15.3 Å². The highest BCUT2D eigenvalue weighted by molar-refractivity contribution is 5.99. The first-order valence-electron chi connectivity index (χ1n) is 12.2. The average Bonchev–Trinajstić information content (AvgIpc) is 2.96. The summed E-state index contributed by atoms with van der Waals surface area (Å²) in [4.78, 5) is 26.4. The summed E-state index contributed by atoms with van der Waals surface area (Å²) in [5.41, 5.74) is 1.54. The molecule has 1 aromatic heterocycles. The molecule has 0 aliphatic carbocycles. The summed E-state index contributed by atoms with van der Waals surface area (Å²) in [6, 6.07) is 10.2. The molecular weight excluding hydrogens is 493 g/mol. The highest BCUT2D eigenvalue weighted by Gasteiger charge is 2.26. The van der Waals surface area contributed by atoms with Gasteiger partial charge in [-0.3, -0.25) is 4.79 Å². The molecule has 0 saturated carbocycles. The second-order valence-corrected chi connectivity index (χ2v) is 8.52. The minimum atomic E-state index is -0.301. The zero-order valence-electron chi connectivity index (χ0n) is 22.0. The normalized spacial score (nSPS) is 13.3. The number of anilines is 2. The summed E-state index contributed by atoms with van der Waals surface area (Å²) in [7, 11) is 6.18. The van der Waals surface area contributed by atoms with Gasteiger partial charge in [0, 0.05) is 51.6 Å². The monoisotopic (exact) mass is 525 g/mol. The van der Waals surface area contributed by atoms with E-state index < -0.39 is 0 Å². The first-order valence-corrected chi connectivity index (χ1v) is 12.2. The molecule has 1 amide bonds. The van der Waals surface area contributed by atoms with Gasteiger partial charge in [-0.1, -0.05) is 12.1 Å². The van der Waals surface area contributed by atoms with Crippen molar-refractivity contribution in [1.29, 1.82) is 0 Å². The van der Waals surface area contributed by atoms with Crippen molar-refractivity contribution >= 4 is 17.4 Å². The van der Waals surface area contributed by atoms with Gasteiger partial charge in [0.05, 0.1) is 33.6 Å². The molecule has 1 N–H and O–H groups in total. The summed E-state index contributed by atoms with van der Waals surface area (Å²) in [5.74, 6) is 1.71. The van der Waals surface area contributed by atoms with Gasteiger partial charge in [-0.2, -0.15) is 0 Å². The van der Waals surface area contributed by atoms with Gasteiger partial charge in [-0.15, -0.1) is 0 Å². The first kappa shape index (κ1) is 26.9. The second-order valence-electron chi connectivity index (χ2n) is 8.52. The lowest BCUT2D eigenvalue weighted by Gasteiger charge is -2.37. The van der Waals surface area contributed by atoms with Crippen LogP contribution < -0.4 is 29.3 Å². The van der Waals surface area contributed by atoms with Crippen LogP contribution in [0.1, 0.15) is 10.4 Å². The van der Waals surface area contributed by atoms with E-state index in [2.05, 4.69) is 10.3 Å². The molecule has 38 heavy (non-hydrogen) atoms. The lowest BCUT2D eigenvalue weighted by Crippen LogP contribution is -2.47. The quantitative estimate of drug-likeness (QED) is 0.401. The van der Waals surface area contributed by atoms with Crippen LogP contribution in [0.5, 0.6) is 17.2 Å². The van der Waals surface area contributed by atoms with E-state index in [0.717, 1.165) is 0 Å². The number of benzene rings is 2. The van der Waals surface area contributed by atoms with E-state index >= 15 is 0 Å². The summed E-state index contributed by atoms with van der Waals surface area (Å²) < 4.78 is 35.8. The Morgan fingerprint density at radius 2 is 1.63 bits per heavy atom. The molecule has 4 rings (SSSR count). The van der Waals surface area contributed by atoms with E-state index in [1.54, 1.807) is 31.4 Å². The Morgan fingerprint density at radius 3 is 2.24 bits per heavy atom. The summed E-state index contributed by atoms with van der Waals surface area (Å²) in [6.07, 6.45) is 1.52. The zero-order chi connectivity index (χ0) is 27.1. The van der Waals surface area contributed by atoms with Crippen LogP contribution in [0.4, 0.5) is 15.9 Å². The predicted molar refractivity (Wildman–Crippen MR) is 142 cm³/mol. The van der Waals surface area contributed by atoms with Gasteiger partial charge in [0.1, 0.15) is 17.2 Å². The van der Waals surface area contributed by atoms with Crippen LogP contribution in [0.25, 0.3) is 11.4 Å². The van der Waals surface area contributed by atoms with Crippen molar-refractivity contribution in [2.45, 2.75) is 0 Å². The van der Waals surface area contributed by atoms with Crippen molar-refractivity contribution in [3.8, 4) is 28.6 Å². The number of methoxy groups -OCH3 is 4. The van der Waals surface area contributed by atoms with Gasteiger partial charge >= 0.3 is 0 Å². The molecule has 1 fully saturated rings. The molecule has 11 heteroatoms. The van der Waals surface area contributed by atoms with Gasteiger partial charge in [0.2, 0.25) is 5.75 Å². The second kappa shape index (κ2) is 12.4. The molecule has 1 aliphatic heterocycles. The van der Waals surface area contributed by atoms with Crippen molar-refractivity contribution in [2.75, 3.05) is 77.6 Å². The number of piperazine rings is 1. The van der Waals surface area contributed by atoms with E-state index in [1.165, 1.54) is 33.6 Å². The summed E-state index contributed by atoms with van der Waals surface area (Å²) in [6.45, 7) is 2.94. The van der Waals surface area contributed by atoms with Crippen LogP contribution in [0.2, 0.25) is 0 Å². The fraction of sp³-hybridized carbons (Fsp3) is 0.370. The third-order valence-electron chi connectivity index (χ3n) is 6.30. The van der Waals surface area contributed by atoms with E-state index in [4.69, 9.17) is 23.9 Å². The number of carbonyl (C=O) groups excluding carboxylic acids is 1. The molecule has 10 nitrogen and oxygen atoms in total. The van der Waals surface area contributed by atoms with Crippen LogP contribution in [-0.2, 0) is 4.74 Å². The molecule has 0 atom stereocenters. The van der Waals surface area contributed by atoms with E-state index in [9.17, 15) is 9.18 Å². The number of nitrogens with one attached hydrogen (secondary N) is 1. The molecule has 0 bridgehead atoms.